The van der Waals surface area contributed by atoms with Crippen molar-refractivity contribution in [2.75, 3.05) is 32.9 Å². The lowest BCUT2D eigenvalue weighted by Gasteiger charge is -2.38. The third-order valence-electron chi connectivity index (χ3n) is 7.36. The first-order chi connectivity index (χ1) is 15.6. The number of rotatable bonds is 5. The molecule has 2 aliphatic carbocycles. The molecule has 5 rings (SSSR count). The van der Waals surface area contributed by atoms with Crippen molar-refractivity contribution in [1.29, 1.82) is 0 Å². The number of hydrogen-bond acceptors (Lipinski definition) is 8. The number of carbonyl (C=O) groups is 1. The van der Waals surface area contributed by atoms with E-state index in [1.807, 2.05) is 13.8 Å². The molecular weight excluding hydrogens is 426 g/mol. The number of aryl methyl sites for hydroxylation is 1. The number of carbonyl (C=O) groups excluding carboxylic acids is 1. The second-order valence-corrected chi connectivity index (χ2v) is 10.6. The molecule has 0 amide bonds. The third kappa shape index (κ3) is 4.24. The highest BCUT2D eigenvalue weighted by atomic mass is 32.1. The molecule has 32 heavy (non-hydrogen) atoms. The largest absolute Gasteiger partial charge is 0.474 e. The summed E-state index contributed by atoms with van der Waals surface area (Å²) < 4.78 is 17.4. The third-order valence-corrected chi connectivity index (χ3v) is 8.56. The lowest BCUT2D eigenvalue weighted by Crippen LogP contribution is -2.46. The summed E-state index contributed by atoms with van der Waals surface area (Å²) in [6.07, 6.45) is 8.53. The Bertz CT molecular complexity index is 966. The van der Waals surface area contributed by atoms with Crippen LogP contribution in [0.1, 0.15) is 56.4 Å². The van der Waals surface area contributed by atoms with E-state index >= 15 is 0 Å². The Morgan fingerprint density at radius 3 is 2.78 bits per heavy atom. The smallest absolute Gasteiger partial charge is 0.312 e. The van der Waals surface area contributed by atoms with Crippen LogP contribution in [0.3, 0.4) is 0 Å². The van der Waals surface area contributed by atoms with Crippen LogP contribution in [0.4, 0.5) is 0 Å². The number of aromatic nitrogens is 2. The van der Waals surface area contributed by atoms with E-state index in [2.05, 4.69) is 14.9 Å². The van der Waals surface area contributed by atoms with Gasteiger partial charge in [-0.2, -0.15) is 0 Å². The maximum atomic E-state index is 12.7. The van der Waals surface area contributed by atoms with Crippen LogP contribution in [0.2, 0.25) is 0 Å². The van der Waals surface area contributed by atoms with Gasteiger partial charge in [-0.25, -0.2) is 9.97 Å². The van der Waals surface area contributed by atoms with Crippen LogP contribution in [0.15, 0.2) is 6.33 Å². The second kappa shape index (κ2) is 9.23. The Kier molecular flexibility index (Phi) is 6.36. The first kappa shape index (κ1) is 22.0. The minimum absolute atomic E-state index is 0.106. The van der Waals surface area contributed by atoms with Crippen molar-refractivity contribution < 1.29 is 19.0 Å². The monoisotopic (exact) mass is 459 g/mol. The highest BCUT2D eigenvalue weighted by molar-refractivity contribution is 7.18. The molecule has 0 spiro atoms. The normalized spacial score (nSPS) is 28.9. The minimum Gasteiger partial charge on any atom is -0.474 e. The minimum atomic E-state index is -0.500. The van der Waals surface area contributed by atoms with Crippen molar-refractivity contribution in [2.24, 2.45) is 5.41 Å². The van der Waals surface area contributed by atoms with Gasteiger partial charge in [-0.15, -0.1) is 11.3 Å². The SMILES string of the molecule is CCOC(=O)C1(C)CCc2sc3ncnc(O[C@H]4CC[C@H](N5CCOCC5)CC4)c3c2C1. The summed E-state index contributed by atoms with van der Waals surface area (Å²) in [7, 11) is 0. The molecular formula is C24H33N3O4S. The number of ether oxygens (including phenoxy) is 3. The predicted octanol–water partition coefficient (Wildman–Crippen LogP) is 3.77. The average molecular weight is 460 g/mol. The predicted molar refractivity (Wildman–Crippen MR) is 123 cm³/mol. The molecule has 3 aliphatic rings. The van der Waals surface area contributed by atoms with Crippen LogP contribution in [0, 0.1) is 5.41 Å². The van der Waals surface area contributed by atoms with Gasteiger partial charge in [-0.1, -0.05) is 0 Å². The zero-order chi connectivity index (χ0) is 22.1. The highest BCUT2D eigenvalue weighted by Crippen LogP contribution is 2.45. The maximum absolute atomic E-state index is 12.7. The number of esters is 1. The van der Waals surface area contributed by atoms with E-state index in [9.17, 15) is 4.79 Å². The van der Waals surface area contributed by atoms with Gasteiger partial charge in [-0.05, 0) is 64.4 Å². The van der Waals surface area contributed by atoms with E-state index < -0.39 is 5.41 Å². The fourth-order valence-corrected chi connectivity index (χ4v) is 6.61. The Labute approximate surface area is 193 Å². The summed E-state index contributed by atoms with van der Waals surface area (Å²) >= 11 is 1.72. The molecule has 0 N–H and O–H groups in total. The Morgan fingerprint density at radius 1 is 1.25 bits per heavy atom. The van der Waals surface area contributed by atoms with Crippen LogP contribution in [0.25, 0.3) is 10.2 Å². The van der Waals surface area contributed by atoms with Gasteiger partial charge in [0.1, 0.15) is 17.3 Å². The first-order valence-corrected chi connectivity index (χ1v) is 12.8. The number of morpholine rings is 1. The molecule has 0 radical (unpaired) electrons. The topological polar surface area (TPSA) is 73.8 Å². The van der Waals surface area contributed by atoms with E-state index in [-0.39, 0.29) is 12.1 Å². The number of hydrogen-bond donors (Lipinski definition) is 0. The summed E-state index contributed by atoms with van der Waals surface area (Å²) in [4.78, 5) is 26.6. The molecule has 1 saturated heterocycles. The van der Waals surface area contributed by atoms with Gasteiger partial charge in [0, 0.05) is 24.0 Å². The van der Waals surface area contributed by atoms with Crippen LogP contribution in [0.5, 0.6) is 5.88 Å². The molecule has 0 bridgehead atoms. The Morgan fingerprint density at radius 2 is 2.03 bits per heavy atom. The second-order valence-electron chi connectivity index (χ2n) is 9.52. The van der Waals surface area contributed by atoms with Crippen LogP contribution in [-0.2, 0) is 27.1 Å². The number of thiophene rings is 1. The van der Waals surface area contributed by atoms with Crippen LogP contribution < -0.4 is 4.74 Å². The molecule has 8 heteroatoms. The molecule has 174 valence electrons. The summed E-state index contributed by atoms with van der Waals surface area (Å²) in [5.74, 6) is 0.584. The van der Waals surface area contributed by atoms with E-state index in [4.69, 9.17) is 14.2 Å². The summed E-state index contributed by atoms with van der Waals surface area (Å²) in [5.41, 5.74) is 0.685. The van der Waals surface area contributed by atoms with E-state index in [1.165, 1.54) is 10.4 Å². The van der Waals surface area contributed by atoms with Crippen molar-refractivity contribution >= 4 is 27.5 Å². The van der Waals surface area contributed by atoms with Crippen molar-refractivity contribution in [3.8, 4) is 5.88 Å². The molecule has 2 aromatic heterocycles. The summed E-state index contributed by atoms with van der Waals surface area (Å²) in [6.45, 7) is 8.09. The zero-order valence-electron chi connectivity index (χ0n) is 19.1. The van der Waals surface area contributed by atoms with Gasteiger partial charge in [-0.3, -0.25) is 9.69 Å². The van der Waals surface area contributed by atoms with Gasteiger partial charge in [0.15, 0.2) is 0 Å². The molecule has 1 unspecified atom stereocenters. The summed E-state index contributed by atoms with van der Waals surface area (Å²) in [5, 5.41) is 1.01. The number of fused-ring (bicyclic) bond motifs is 3. The quantitative estimate of drug-likeness (QED) is 0.630. The lowest BCUT2D eigenvalue weighted by atomic mass is 9.75. The van der Waals surface area contributed by atoms with Gasteiger partial charge >= 0.3 is 5.97 Å². The fraction of sp³-hybridized carbons (Fsp3) is 0.708. The van der Waals surface area contributed by atoms with Crippen molar-refractivity contribution in [2.45, 2.75) is 70.9 Å². The molecule has 0 aromatic carbocycles. The maximum Gasteiger partial charge on any atom is 0.312 e. The van der Waals surface area contributed by atoms with E-state index in [1.54, 1.807) is 17.7 Å². The zero-order valence-corrected chi connectivity index (χ0v) is 19.9. The summed E-state index contributed by atoms with van der Waals surface area (Å²) in [6, 6.07) is 0.642. The molecule has 1 saturated carbocycles. The fourth-order valence-electron chi connectivity index (χ4n) is 5.46. The van der Waals surface area contributed by atoms with Crippen molar-refractivity contribution in [1.82, 2.24) is 14.9 Å². The molecule has 2 fully saturated rings. The molecule has 1 atom stereocenters. The van der Waals surface area contributed by atoms with Crippen LogP contribution in [-0.4, -0.2) is 65.9 Å². The number of nitrogens with zero attached hydrogens (tertiary/aromatic N) is 3. The molecule has 2 aromatic rings. The van der Waals surface area contributed by atoms with E-state index in [0.29, 0.717) is 24.9 Å². The van der Waals surface area contributed by atoms with Crippen molar-refractivity contribution in [3.05, 3.63) is 16.8 Å². The van der Waals surface area contributed by atoms with Crippen LogP contribution >= 0.6 is 11.3 Å². The van der Waals surface area contributed by atoms with Gasteiger partial charge in [0.05, 0.1) is 30.6 Å². The highest BCUT2D eigenvalue weighted by Gasteiger charge is 2.40. The molecule has 3 heterocycles. The average Bonchev–Trinajstić information content (AvgIpc) is 3.19. The first-order valence-electron chi connectivity index (χ1n) is 12.0. The lowest BCUT2D eigenvalue weighted by molar-refractivity contribution is -0.155. The standard InChI is InChI=1S/C24H33N3O4S/c1-3-30-23(28)24(2)9-8-19-18(14-24)20-21(25-15-26-22(20)32-19)31-17-6-4-16(5-7-17)27-10-12-29-13-11-27/h15-17H,3-14H2,1-2H3/t16-,17-,24?. The van der Waals surface area contributed by atoms with Crippen molar-refractivity contribution in [3.63, 3.8) is 0 Å². The molecule has 7 nitrogen and oxygen atoms in total. The Balaban J connectivity index is 1.32. The molecule has 1 aliphatic heterocycles. The van der Waals surface area contributed by atoms with Gasteiger partial charge in [0.2, 0.25) is 5.88 Å². The van der Waals surface area contributed by atoms with Gasteiger partial charge in [0.25, 0.3) is 0 Å². The van der Waals surface area contributed by atoms with E-state index in [0.717, 1.165) is 75.0 Å². The van der Waals surface area contributed by atoms with Gasteiger partial charge < -0.3 is 14.2 Å². The Hall–Kier alpha value is -1.77.